The lowest BCUT2D eigenvalue weighted by Gasteiger charge is -2.29. The SMILES string of the molecule is CC(C)n1ncc(Br)c1C(N)C1CCCc2sccc21. The largest absolute Gasteiger partial charge is 0.322 e. The number of halogens is 1. The van der Waals surface area contributed by atoms with Crippen LogP contribution in [-0.4, -0.2) is 9.78 Å². The number of aromatic nitrogens is 2. The number of hydrogen-bond acceptors (Lipinski definition) is 3. The van der Waals surface area contributed by atoms with E-state index in [-0.39, 0.29) is 6.04 Å². The van der Waals surface area contributed by atoms with E-state index in [1.807, 2.05) is 17.5 Å². The van der Waals surface area contributed by atoms with Crippen molar-refractivity contribution in [3.63, 3.8) is 0 Å². The van der Waals surface area contributed by atoms with Gasteiger partial charge in [0.15, 0.2) is 0 Å². The summed E-state index contributed by atoms with van der Waals surface area (Å²) in [5, 5.41) is 6.67. The topological polar surface area (TPSA) is 43.8 Å². The molecule has 0 radical (unpaired) electrons. The van der Waals surface area contributed by atoms with Crippen LogP contribution in [0.5, 0.6) is 0 Å². The summed E-state index contributed by atoms with van der Waals surface area (Å²) < 4.78 is 3.08. The quantitative estimate of drug-likeness (QED) is 0.887. The van der Waals surface area contributed by atoms with Crippen molar-refractivity contribution >= 4 is 27.3 Å². The van der Waals surface area contributed by atoms with Crippen LogP contribution in [0.2, 0.25) is 0 Å². The second-order valence-electron chi connectivity index (χ2n) is 5.74. The summed E-state index contributed by atoms with van der Waals surface area (Å²) in [6, 6.07) is 2.59. The monoisotopic (exact) mass is 353 g/mol. The Morgan fingerprint density at radius 3 is 3.05 bits per heavy atom. The van der Waals surface area contributed by atoms with E-state index in [0.717, 1.165) is 10.2 Å². The van der Waals surface area contributed by atoms with E-state index < -0.39 is 0 Å². The van der Waals surface area contributed by atoms with Crippen LogP contribution >= 0.6 is 27.3 Å². The molecule has 2 unspecified atom stereocenters. The van der Waals surface area contributed by atoms with Crippen LogP contribution in [0.1, 0.15) is 60.8 Å². The lowest BCUT2D eigenvalue weighted by atomic mass is 9.81. The first-order valence-electron chi connectivity index (χ1n) is 7.14. The Bertz CT molecular complexity index is 602. The van der Waals surface area contributed by atoms with Crippen LogP contribution in [0.3, 0.4) is 0 Å². The molecule has 20 heavy (non-hydrogen) atoms. The van der Waals surface area contributed by atoms with E-state index in [1.54, 1.807) is 0 Å². The van der Waals surface area contributed by atoms with Crippen LogP contribution in [0.25, 0.3) is 0 Å². The van der Waals surface area contributed by atoms with Crippen molar-refractivity contribution < 1.29 is 0 Å². The molecule has 0 amide bonds. The Kier molecular flexibility index (Phi) is 4.02. The molecule has 1 aliphatic rings. The highest BCUT2D eigenvalue weighted by atomic mass is 79.9. The van der Waals surface area contributed by atoms with Crippen molar-refractivity contribution in [1.82, 2.24) is 9.78 Å². The van der Waals surface area contributed by atoms with Gasteiger partial charge >= 0.3 is 0 Å². The first-order valence-corrected chi connectivity index (χ1v) is 8.81. The van der Waals surface area contributed by atoms with Crippen LogP contribution in [0.4, 0.5) is 0 Å². The molecule has 2 heterocycles. The molecule has 0 spiro atoms. The zero-order chi connectivity index (χ0) is 14.3. The average Bonchev–Trinajstić information content (AvgIpc) is 3.03. The van der Waals surface area contributed by atoms with Gasteiger partial charge < -0.3 is 5.73 Å². The Morgan fingerprint density at radius 2 is 2.30 bits per heavy atom. The van der Waals surface area contributed by atoms with Crippen molar-refractivity contribution in [2.24, 2.45) is 5.73 Å². The van der Waals surface area contributed by atoms with Crippen molar-refractivity contribution in [1.29, 1.82) is 0 Å². The van der Waals surface area contributed by atoms with Gasteiger partial charge in [-0.05, 0) is 66.0 Å². The minimum absolute atomic E-state index is 0.00271. The molecule has 0 saturated carbocycles. The lowest BCUT2D eigenvalue weighted by Crippen LogP contribution is -2.26. The molecule has 0 fully saturated rings. The standard InChI is InChI=1S/C15H20BrN3S/c1-9(2)19-15(12(16)8-18-19)14(17)11-4-3-5-13-10(11)6-7-20-13/h6-9,11,14H,3-5,17H2,1-2H3. The smallest absolute Gasteiger partial charge is 0.0702 e. The van der Waals surface area contributed by atoms with Gasteiger partial charge in [-0.15, -0.1) is 11.3 Å². The third kappa shape index (κ3) is 2.36. The van der Waals surface area contributed by atoms with Gasteiger partial charge in [0.25, 0.3) is 0 Å². The Morgan fingerprint density at radius 1 is 1.50 bits per heavy atom. The van der Waals surface area contributed by atoms with Gasteiger partial charge in [-0.25, -0.2) is 0 Å². The third-order valence-electron chi connectivity index (χ3n) is 4.12. The summed E-state index contributed by atoms with van der Waals surface area (Å²) >= 11 is 5.49. The van der Waals surface area contributed by atoms with Crippen LogP contribution in [-0.2, 0) is 6.42 Å². The molecular weight excluding hydrogens is 334 g/mol. The molecular formula is C15H20BrN3S. The van der Waals surface area contributed by atoms with E-state index in [9.17, 15) is 0 Å². The second-order valence-corrected chi connectivity index (χ2v) is 7.59. The maximum absolute atomic E-state index is 6.64. The maximum atomic E-state index is 6.64. The van der Waals surface area contributed by atoms with Crippen molar-refractivity contribution in [2.45, 2.75) is 51.1 Å². The van der Waals surface area contributed by atoms with Crippen molar-refractivity contribution in [3.05, 3.63) is 38.3 Å². The Balaban J connectivity index is 1.99. The molecule has 3 rings (SSSR count). The number of thiophene rings is 1. The number of nitrogens with zero attached hydrogens (tertiary/aromatic N) is 2. The van der Waals surface area contributed by atoms with Gasteiger partial charge in [0, 0.05) is 16.8 Å². The predicted octanol–water partition coefficient (Wildman–Crippen LogP) is 4.41. The first kappa shape index (κ1) is 14.3. The van der Waals surface area contributed by atoms with E-state index >= 15 is 0 Å². The number of nitrogens with two attached hydrogens (primary N) is 1. The molecule has 3 nitrogen and oxygen atoms in total. The van der Waals surface area contributed by atoms with Crippen molar-refractivity contribution in [2.75, 3.05) is 0 Å². The van der Waals surface area contributed by atoms with Crippen molar-refractivity contribution in [3.8, 4) is 0 Å². The highest BCUT2D eigenvalue weighted by Crippen LogP contribution is 2.42. The number of rotatable bonds is 3. The highest BCUT2D eigenvalue weighted by Gasteiger charge is 2.31. The molecule has 0 saturated heterocycles. The fourth-order valence-electron chi connectivity index (χ4n) is 3.16. The molecule has 2 N–H and O–H groups in total. The summed E-state index contributed by atoms with van der Waals surface area (Å²) in [6.07, 6.45) is 5.48. The molecule has 0 aromatic carbocycles. The molecule has 2 aromatic heterocycles. The summed E-state index contributed by atoms with van der Waals surface area (Å²) in [5.41, 5.74) is 9.23. The molecule has 108 valence electrons. The molecule has 0 bridgehead atoms. The van der Waals surface area contributed by atoms with Gasteiger partial charge in [0.2, 0.25) is 0 Å². The van der Waals surface area contributed by atoms with Gasteiger partial charge in [0.1, 0.15) is 0 Å². The van der Waals surface area contributed by atoms with E-state index in [2.05, 4.69) is 51.0 Å². The van der Waals surface area contributed by atoms with Crippen LogP contribution in [0, 0.1) is 0 Å². The number of aryl methyl sites for hydroxylation is 1. The van der Waals surface area contributed by atoms with Crippen LogP contribution in [0.15, 0.2) is 22.1 Å². The second kappa shape index (κ2) is 5.62. The summed E-state index contributed by atoms with van der Waals surface area (Å²) in [7, 11) is 0. The van der Waals surface area contributed by atoms with Gasteiger partial charge in [0.05, 0.1) is 22.4 Å². The third-order valence-corrected chi connectivity index (χ3v) is 5.73. The summed E-state index contributed by atoms with van der Waals surface area (Å²) in [5.74, 6) is 0.412. The zero-order valence-electron chi connectivity index (χ0n) is 11.8. The highest BCUT2D eigenvalue weighted by molar-refractivity contribution is 9.10. The summed E-state index contributed by atoms with van der Waals surface area (Å²) in [6.45, 7) is 4.29. The van der Waals surface area contributed by atoms with Crippen LogP contribution < -0.4 is 5.73 Å². The normalized spacial score (nSPS) is 20.1. The molecule has 2 atom stereocenters. The fraction of sp³-hybridized carbons (Fsp3) is 0.533. The maximum Gasteiger partial charge on any atom is 0.0702 e. The number of fused-ring (bicyclic) bond motifs is 1. The summed E-state index contributed by atoms with van der Waals surface area (Å²) in [4.78, 5) is 1.52. The van der Waals surface area contributed by atoms with E-state index in [1.165, 1.54) is 29.7 Å². The predicted molar refractivity (Wildman–Crippen MR) is 87.2 cm³/mol. The Labute approximate surface area is 132 Å². The van der Waals surface area contributed by atoms with E-state index in [0.29, 0.717) is 12.0 Å². The van der Waals surface area contributed by atoms with E-state index in [4.69, 9.17) is 5.73 Å². The number of hydrogen-bond donors (Lipinski definition) is 1. The molecule has 5 heteroatoms. The molecule has 2 aromatic rings. The first-order chi connectivity index (χ1) is 9.59. The minimum atomic E-state index is 0.00271. The van der Waals surface area contributed by atoms with Gasteiger partial charge in [-0.1, -0.05) is 0 Å². The minimum Gasteiger partial charge on any atom is -0.322 e. The Hall–Kier alpha value is -0.650. The lowest BCUT2D eigenvalue weighted by molar-refractivity contribution is 0.424. The average molecular weight is 354 g/mol. The molecule has 0 aliphatic heterocycles. The fourth-order valence-corrected chi connectivity index (χ4v) is 4.69. The molecule has 1 aliphatic carbocycles. The zero-order valence-corrected chi connectivity index (χ0v) is 14.2. The van der Waals surface area contributed by atoms with Gasteiger partial charge in [-0.3, -0.25) is 4.68 Å². The van der Waals surface area contributed by atoms with Gasteiger partial charge in [-0.2, -0.15) is 5.10 Å².